The van der Waals surface area contributed by atoms with Crippen LogP contribution in [-0.4, -0.2) is 16.3 Å². The van der Waals surface area contributed by atoms with Crippen molar-refractivity contribution in [2.75, 3.05) is 0 Å². The molecule has 0 fully saturated rings. The average molecular weight is 259 g/mol. The molecule has 0 atom stereocenters. The molecule has 0 unspecified atom stereocenters. The van der Waals surface area contributed by atoms with Gasteiger partial charge in [0.05, 0.1) is 0 Å². The number of carbonyl (C=O) groups is 1. The van der Waals surface area contributed by atoms with Crippen molar-refractivity contribution in [1.82, 2.24) is 4.90 Å². The van der Waals surface area contributed by atoms with Gasteiger partial charge in [0.2, 0.25) is 0 Å². The maximum absolute atomic E-state index is 12.4. The molecule has 0 spiro atoms. The van der Waals surface area contributed by atoms with E-state index < -0.39 is 0 Å². The Labute approximate surface area is 116 Å². The Morgan fingerprint density at radius 3 is 2.26 bits per heavy atom. The van der Waals surface area contributed by atoms with E-state index in [4.69, 9.17) is 0 Å². The van der Waals surface area contributed by atoms with Crippen molar-refractivity contribution in [3.05, 3.63) is 34.9 Å². The maximum Gasteiger partial charge on any atom is 0.254 e. The third kappa shape index (κ3) is 2.99. The number of carbonyl (C=O) groups excluding carboxylic acids is 1. The van der Waals surface area contributed by atoms with E-state index in [0.29, 0.717) is 0 Å². The summed E-state index contributed by atoms with van der Waals surface area (Å²) >= 11 is 0. The second-order valence-electron chi connectivity index (χ2n) is 7.79. The van der Waals surface area contributed by atoms with E-state index in [1.165, 1.54) is 11.1 Å². The number of amides is 1. The lowest BCUT2D eigenvalue weighted by Crippen LogP contribution is -2.41. The van der Waals surface area contributed by atoms with Crippen LogP contribution in [0.3, 0.4) is 0 Å². The molecule has 0 radical (unpaired) electrons. The molecule has 0 saturated carbocycles. The van der Waals surface area contributed by atoms with Gasteiger partial charge < -0.3 is 4.90 Å². The Morgan fingerprint density at radius 1 is 1.11 bits per heavy atom. The monoisotopic (exact) mass is 259 g/mol. The van der Waals surface area contributed by atoms with E-state index in [-0.39, 0.29) is 16.9 Å². The highest BCUT2D eigenvalue weighted by Crippen LogP contribution is 2.31. The zero-order valence-corrected chi connectivity index (χ0v) is 13.0. The molecule has 0 saturated heterocycles. The lowest BCUT2D eigenvalue weighted by atomic mass is 9.87. The largest absolute Gasteiger partial charge is 0.329 e. The Bertz CT molecular complexity index is 503. The molecule has 1 heterocycles. The summed E-state index contributed by atoms with van der Waals surface area (Å²) in [5.74, 6) is 0.171. The summed E-state index contributed by atoms with van der Waals surface area (Å²) in [7, 11) is 0. The summed E-state index contributed by atoms with van der Waals surface area (Å²) in [6.07, 6.45) is 1.05. The fourth-order valence-electron chi connectivity index (χ4n) is 2.64. The Hall–Kier alpha value is -1.31. The van der Waals surface area contributed by atoms with Crippen molar-refractivity contribution >= 4 is 5.91 Å². The van der Waals surface area contributed by atoms with Gasteiger partial charge in [-0.05, 0) is 49.8 Å². The second kappa shape index (κ2) is 4.36. The summed E-state index contributed by atoms with van der Waals surface area (Å²) in [5.41, 5.74) is 3.56. The fourth-order valence-corrected chi connectivity index (χ4v) is 2.64. The first kappa shape index (κ1) is 14.1. The van der Waals surface area contributed by atoms with Crippen molar-refractivity contribution in [3.63, 3.8) is 0 Å². The van der Waals surface area contributed by atoms with Crippen LogP contribution in [0.2, 0.25) is 0 Å². The molecule has 0 aliphatic carbocycles. The summed E-state index contributed by atoms with van der Waals surface area (Å²) in [6, 6.07) is 6.32. The van der Waals surface area contributed by atoms with Gasteiger partial charge in [-0.2, -0.15) is 0 Å². The third-order valence-electron chi connectivity index (χ3n) is 3.52. The number of benzene rings is 1. The van der Waals surface area contributed by atoms with Crippen LogP contribution in [0, 0.1) is 5.41 Å². The number of fused-ring (bicyclic) bond motifs is 1. The first-order valence-electron chi connectivity index (χ1n) is 7.02. The standard InChI is InChI=1S/C17H25NO/c1-16(2,3)10-12-7-8-14-13(9-12)11-18(15(14)19)17(4,5)6/h7-9H,10-11H2,1-6H3. The Kier molecular flexibility index (Phi) is 3.24. The van der Waals surface area contributed by atoms with E-state index in [2.05, 4.69) is 53.7 Å². The number of hydrogen-bond donors (Lipinski definition) is 0. The molecule has 1 aromatic rings. The zero-order valence-electron chi connectivity index (χ0n) is 13.0. The SMILES string of the molecule is CC(C)(C)Cc1ccc2c(c1)CN(C(C)(C)C)C2=O. The number of nitrogens with zero attached hydrogens (tertiary/aromatic N) is 1. The molecule has 0 bridgehead atoms. The third-order valence-corrected chi connectivity index (χ3v) is 3.52. The van der Waals surface area contributed by atoms with Crippen LogP contribution in [-0.2, 0) is 13.0 Å². The molecule has 0 N–H and O–H groups in total. The minimum atomic E-state index is -0.111. The van der Waals surface area contributed by atoms with Crippen LogP contribution in [0.1, 0.15) is 63.0 Å². The van der Waals surface area contributed by atoms with Crippen molar-refractivity contribution in [2.45, 2.75) is 60.0 Å². The quantitative estimate of drug-likeness (QED) is 0.745. The van der Waals surface area contributed by atoms with Crippen LogP contribution in [0.25, 0.3) is 0 Å². The summed E-state index contributed by atoms with van der Waals surface area (Å²) in [5, 5.41) is 0. The molecule has 1 amide bonds. The molecular formula is C17H25NO. The van der Waals surface area contributed by atoms with Crippen LogP contribution in [0.5, 0.6) is 0 Å². The molecule has 2 nitrogen and oxygen atoms in total. The van der Waals surface area contributed by atoms with Gasteiger partial charge >= 0.3 is 0 Å². The topological polar surface area (TPSA) is 20.3 Å². The second-order valence-corrected chi connectivity index (χ2v) is 7.79. The van der Waals surface area contributed by atoms with Crippen molar-refractivity contribution in [3.8, 4) is 0 Å². The van der Waals surface area contributed by atoms with Gasteiger partial charge in [0.15, 0.2) is 0 Å². The lowest BCUT2D eigenvalue weighted by molar-refractivity contribution is 0.0609. The van der Waals surface area contributed by atoms with Crippen LogP contribution >= 0.6 is 0 Å². The number of hydrogen-bond acceptors (Lipinski definition) is 1. The van der Waals surface area contributed by atoms with Gasteiger partial charge in [-0.1, -0.05) is 32.9 Å². The van der Waals surface area contributed by atoms with Crippen molar-refractivity contribution in [1.29, 1.82) is 0 Å². The average Bonchev–Trinajstić information content (AvgIpc) is 2.52. The zero-order chi connectivity index (χ0) is 14.4. The Balaban J connectivity index is 2.29. The van der Waals surface area contributed by atoms with Gasteiger partial charge in [-0.3, -0.25) is 4.79 Å². The van der Waals surface area contributed by atoms with E-state index >= 15 is 0 Å². The number of rotatable bonds is 1. The molecule has 1 aliphatic heterocycles. The Morgan fingerprint density at radius 2 is 1.74 bits per heavy atom. The molecule has 0 aromatic heterocycles. The van der Waals surface area contributed by atoms with Crippen molar-refractivity contribution < 1.29 is 4.79 Å². The fraction of sp³-hybridized carbons (Fsp3) is 0.588. The highest BCUT2D eigenvalue weighted by Gasteiger charge is 2.34. The van der Waals surface area contributed by atoms with E-state index in [1.807, 2.05) is 11.0 Å². The maximum atomic E-state index is 12.4. The van der Waals surface area contributed by atoms with Crippen LogP contribution in [0.4, 0.5) is 0 Å². The predicted octanol–water partition coefficient (Wildman–Crippen LogP) is 4.03. The lowest BCUT2D eigenvalue weighted by Gasteiger charge is -2.31. The molecule has 104 valence electrons. The van der Waals surface area contributed by atoms with E-state index in [9.17, 15) is 4.79 Å². The minimum absolute atomic E-state index is 0.111. The summed E-state index contributed by atoms with van der Waals surface area (Å²) in [6.45, 7) is 13.7. The predicted molar refractivity (Wildman–Crippen MR) is 79.2 cm³/mol. The van der Waals surface area contributed by atoms with Crippen LogP contribution in [0.15, 0.2) is 18.2 Å². The summed E-state index contributed by atoms with van der Waals surface area (Å²) in [4.78, 5) is 14.3. The highest BCUT2D eigenvalue weighted by molar-refractivity contribution is 5.98. The van der Waals surface area contributed by atoms with Gasteiger partial charge in [0.25, 0.3) is 5.91 Å². The van der Waals surface area contributed by atoms with E-state index in [0.717, 1.165) is 18.5 Å². The first-order valence-corrected chi connectivity index (χ1v) is 7.02. The molecule has 19 heavy (non-hydrogen) atoms. The van der Waals surface area contributed by atoms with Gasteiger partial charge in [0, 0.05) is 17.6 Å². The molecule has 1 aliphatic rings. The normalized spacial score (nSPS) is 15.9. The molecule has 2 rings (SSSR count). The van der Waals surface area contributed by atoms with Crippen molar-refractivity contribution in [2.24, 2.45) is 5.41 Å². The molecule has 2 heteroatoms. The molecular weight excluding hydrogens is 234 g/mol. The van der Waals surface area contributed by atoms with E-state index in [1.54, 1.807) is 0 Å². The van der Waals surface area contributed by atoms with Gasteiger partial charge in [-0.25, -0.2) is 0 Å². The smallest absolute Gasteiger partial charge is 0.254 e. The first-order chi connectivity index (χ1) is 8.58. The summed E-state index contributed by atoms with van der Waals surface area (Å²) < 4.78 is 0. The highest BCUT2D eigenvalue weighted by atomic mass is 16.2. The van der Waals surface area contributed by atoms with Gasteiger partial charge in [0.1, 0.15) is 0 Å². The minimum Gasteiger partial charge on any atom is -0.329 e. The molecule has 1 aromatic carbocycles. The van der Waals surface area contributed by atoms with Gasteiger partial charge in [-0.15, -0.1) is 0 Å². The van der Waals surface area contributed by atoms with Crippen LogP contribution < -0.4 is 0 Å².